The monoisotopic (exact) mass is 275 g/mol. The maximum Gasteiger partial charge on any atom is 0.228 e. The Balaban J connectivity index is 2.07. The molecule has 2 rings (SSSR count). The van der Waals surface area contributed by atoms with Crippen LogP contribution in [-0.2, 0) is 0 Å². The van der Waals surface area contributed by atoms with Crippen molar-refractivity contribution in [1.29, 1.82) is 0 Å². The van der Waals surface area contributed by atoms with Crippen LogP contribution in [0.1, 0.15) is 19.8 Å². The number of aromatic nitrogens is 2. The molecule has 0 N–H and O–H groups in total. The molecule has 0 spiro atoms. The first-order valence-electron chi connectivity index (χ1n) is 6.66. The molecule has 4 nitrogen and oxygen atoms in total. The van der Waals surface area contributed by atoms with E-state index >= 15 is 0 Å². The highest BCUT2D eigenvalue weighted by molar-refractivity contribution is 5.33. The van der Waals surface area contributed by atoms with Crippen molar-refractivity contribution in [3.8, 4) is 11.6 Å². The van der Waals surface area contributed by atoms with Crippen molar-refractivity contribution in [3.63, 3.8) is 0 Å². The maximum atomic E-state index is 12.8. The Kier molecular flexibility index (Phi) is 4.87. The van der Waals surface area contributed by atoms with Crippen LogP contribution in [0.15, 0.2) is 36.5 Å². The standard InChI is InChI=1S/C15H18FN3O/c1-3-4-11-19(2)15-17-10-9-14(18-15)20-13-7-5-12(16)6-8-13/h5-10H,3-4,11H2,1-2H3. The van der Waals surface area contributed by atoms with E-state index in [2.05, 4.69) is 16.9 Å². The normalized spacial score (nSPS) is 10.3. The van der Waals surface area contributed by atoms with Crippen molar-refractivity contribution in [1.82, 2.24) is 9.97 Å². The Hall–Kier alpha value is -2.17. The van der Waals surface area contributed by atoms with E-state index in [1.54, 1.807) is 24.4 Å². The first kappa shape index (κ1) is 14.2. The predicted molar refractivity (Wildman–Crippen MR) is 76.7 cm³/mol. The molecular formula is C15H18FN3O. The molecule has 20 heavy (non-hydrogen) atoms. The van der Waals surface area contributed by atoms with E-state index in [9.17, 15) is 4.39 Å². The van der Waals surface area contributed by atoms with Crippen LogP contribution in [0.4, 0.5) is 10.3 Å². The van der Waals surface area contributed by atoms with Gasteiger partial charge >= 0.3 is 0 Å². The van der Waals surface area contributed by atoms with Crippen LogP contribution < -0.4 is 9.64 Å². The number of nitrogens with zero attached hydrogens (tertiary/aromatic N) is 3. The van der Waals surface area contributed by atoms with Crippen molar-refractivity contribution in [2.45, 2.75) is 19.8 Å². The minimum Gasteiger partial charge on any atom is -0.439 e. The van der Waals surface area contributed by atoms with Gasteiger partial charge in [-0.25, -0.2) is 9.37 Å². The van der Waals surface area contributed by atoms with E-state index in [0.29, 0.717) is 17.6 Å². The summed E-state index contributed by atoms with van der Waals surface area (Å²) < 4.78 is 18.4. The van der Waals surface area contributed by atoms with Gasteiger partial charge in [0, 0.05) is 25.9 Å². The van der Waals surface area contributed by atoms with Crippen molar-refractivity contribution in [2.24, 2.45) is 0 Å². The molecule has 0 fully saturated rings. The molecule has 1 aromatic carbocycles. The number of benzene rings is 1. The van der Waals surface area contributed by atoms with Crippen molar-refractivity contribution in [2.75, 3.05) is 18.5 Å². The Morgan fingerprint density at radius 2 is 1.95 bits per heavy atom. The van der Waals surface area contributed by atoms with Crippen molar-refractivity contribution < 1.29 is 9.13 Å². The molecule has 2 aromatic rings. The van der Waals surface area contributed by atoms with Gasteiger partial charge in [-0.2, -0.15) is 4.98 Å². The molecule has 0 saturated carbocycles. The molecule has 0 radical (unpaired) electrons. The molecular weight excluding hydrogens is 257 g/mol. The second-order valence-electron chi connectivity index (χ2n) is 4.53. The lowest BCUT2D eigenvalue weighted by Gasteiger charge is -2.16. The number of hydrogen-bond acceptors (Lipinski definition) is 4. The van der Waals surface area contributed by atoms with Crippen LogP contribution in [0.5, 0.6) is 11.6 Å². The van der Waals surface area contributed by atoms with E-state index in [4.69, 9.17) is 4.74 Å². The average Bonchev–Trinajstić information content (AvgIpc) is 2.47. The van der Waals surface area contributed by atoms with Crippen molar-refractivity contribution >= 4 is 5.95 Å². The number of rotatable bonds is 6. The second-order valence-corrected chi connectivity index (χ2v) is 4.53. The Morgan fingerprint density at radius 1 is 1.20 bits per heavy atom. The molecule has 0 aliphatic heterocycles. The third kappa shape index (κ3) is 3.91. The third-order valence-corrected chi connectivity index (χ3v) is 2.84. The smallest absolute Gasteiger partial charge is 0.228 e. The highest BCUT2D eigenvalue weighted by Gasteiger charge is 2.06. The minimum atomic E-state index is -0.292. The first-order chi connectivity index (χ1) is 9.69. The van der Waals surface area contributed by atoms with Crippen LogP contribution >= 0.6 is 0 Å². The fourth-order valence-corrected chi connectivity index (χ4v) is 1.69. The van der Waals surface area contributed by atoms with Crippen LogP contribution in [0.25, 0.3) is 0 Å². The Labute approximate surface area is 118 Å². The first-order valence-corrected chi connectivity index (χ1v) is 6.66. The highest BCUT2D eigenvalue weighted by atomic mass is 19.1. The van der Waals surface area contributed by atoms with Gasteiger partial charge in [-0.05, 0) is 30.7 Å². The quantitative estimate of drug-likeness (QED) is 0.806. The number of ether oxygens (including phenoxy) is 1. The SMILES string of the molecule is CCCCN(C)c1nccc(Oc2ccc(F)cc2)n1. The van der Waals surface area contributed by atoms with Gasteiger partial charge < -0.3 is 9.64 Å². The number of hydrogen-bond donors (Lipinski definition) is 0. The van der Waals surface area contributed by atoms with Crippen LogP contribution in [-0.4, -0.2) is 23.6 Å². The summed E-state index contributed by atoms with van der Waals surface area (Å²) in [6.07, 6.45) is 3.86. The molecule has 0 aliphatic rings. The van der Waals surface area contributed by atoms with Gasteiger partial charge in [-0.3, -0.25) is 0 Å². The number of anilines is 1. The predicted octanol–water partition coefficient (Wildman–Crippen LogP) is 3.64. The Bertz CT molecular complexity index is 545. The fourth-order valence-electron chi connectivity index (χ4n) is 1.69. The number of unbranched alkanes of at least 4 members (excludes halogenated alkanes) is 1. The van der Waals surface area contributed by atoms with E-state index in [1.165, 1.54) is 12.1 Å². The molecule has 1 aromatic heterocycles. The lowest BCUT2D eigenvalue weighted by Crippen LogP contribution is -2.20. The average molecular weight is 275 g/mol. The fraction of sp³-hybridized carbons (Fsp3) is 0.333. The van der Waals surface area contributed by atoms with Crippen molar-refractivity contribution in [3.05, 3.63) is 42.3 Å². The van der Waals surface area contributed by atoms with Crippen LogP contribution in [0.3, 0.4) is 0 Å². The van der Waals surface area contributed by atoms with Gasteiger partial charge in [0.2, 0.25) is 11.8 Å². The van der Waals surface area contributed by atoms with Gasteiger partial charge in [0.1, 0.15) is 11.6 Å². The Morgan fingerprint density at radius 3 is 2.65 bits per heavy atom. The summed E-state index contributed by atoms with van der Waals surface area (Å²) in [5, 5.41) is 0. The largest absolute Gasteiger partial charge is 0.439 e. The van der Waals surface area contributed by atoms with Gasteiger partial charge in [0.25, 0.3) is 0 Å². The number of halogens is 1. The van der Waals surface area contributed by atoms with Gasteiger partial charge in [-0.1, -0.05) is 13.3 Å². The van der Waals surface area contributed by atoms with Gasteiger partial charge in [0.05, 0.1) is 0 Å². The van der Waals surface area contributed by atoms with E-state index < -0.39 is 0 Å². The molecule has 0 bridgehead atoms. The molecule has 0 unspecified atom stereocenters. The third-order valence-electron chi connectivity index (χ3n) is 2.84. The second kappa shape index (κ2) is 6.84. The molecule has 0 amide bonds. The van der Waals surface area contributed by atoms with E-state index in [0.717, 1.165) is 19.4 Å². The summed E-state index contributed by atoms with van der Waals surface area (Å²) >= 11 is 0. The van der Waals surface area contributed by atoms with E-state index in [1.807, 2.05) is 11.9 Å². The highest BCUT2D eigenvalue weighted by Crippen LogP contribution is 2.20. The summed E-state index contributed by atoms with van der Waals surface area (Å²) in [5.74, 6) is 1.33. The van der Waals surface area contributed by atoms with Gasteiger partial charge in [-0.15, -0.1) is 0 Å². The summed E-state index contributed by atoms with van der Waals surface area (Å²) in [5.41, 5.74) is 0. The molecule has 106 valence electrons. The molecule has 5 heteroatoms. The maximum absolute atomic E-state index is 12.8. The molecule has 0 atom stereocenters. The summed E-state index contributed by atoms with van der Waals surface area (Å²) in [6, 6.07) is 7.52. The van der Waals surface area contributed by atoms with Crippen LogP contribution in [0, 0.1) is 5.82 Å². The van der Waals surface area contributed by atoms with E-state index in [-0.39, 0.29) is 5.82 Å². The molecule has 1 heterocycles. The molecule has 0 aliphatic carbocycles. The molecule has 0 saturated heterocycles. The zero-order valence-electron chi connectivity index (χ0n) is 11.7. The summed E-state index contributed by atoms with van der Waals surface area (Å²) in [6.45, 7) is 3.04. The van der Waals surface area contributed by atoms with Gasteiger partial charge in [0.15, 0.2) is 0 Å². The summed E-state index contributed by atoms with van der Waals surface area (Å²) in [4.78, 5) is 10.6. The lowest BCUT2D eigenvalue weighted by molar-refractivity contribution is 0.459. The van der Waals surface area contributed by atoms with Crippen LogP contribution in [0.2, 0.25) is 0 Å². The zero-order chi connectivity index (χ0) is 14.4. The topological polar surface area (TPSA) is 38.2 Å². The summed E-state index contributed by atoms with van der Waals surface area (Å²) in [7, 11) is 1.95. The zero-order valence-corrected chi connectivity index (χ0v) is 11.7. The lowest BCUT2D eigenvalue weighted by atomic mass is 10.3. The minimum absolute atomic E-state index is 0.292.